The van der Waals surface area contributed by atoms with Crippen molar-refractivity contribution in [2.75, 3.05) is 6.61 Å². The summed E-state index contributed by atoms with van der Waals surface area (Å²) in [5.74, 6) is 0. The number of ether oxygens (including phenoxy) is 1. The Hall–Kier alpha value is -0.380. The standard InChI is InChI=1S/C17H24BrNO/c1-3-20-16-11-15(17(16)9-4-10-17)19-12(2)13-5-7-14(18)8-6-13/h5-8,12,15-16,19H,3-4,9-11H2,1-2H3. The Balaban J connectivity index is 1.62. The summed E-state index contributed by atoms with van der Waals surface area (Å²) >= 11 is 3.50. The van der Waals surface area contributed by atoms with Gasteiger partial charge in [-0.15, -0.1) is 0 Å². The van der Waals surface area contributed by atoms with Crippen molar-refractivity contribution in [3.63, 3.8) is 0 Å². The van der Waals surface area contributed by atoms with Gasteiger partial charge in [0, 0.05) is 28.6 Å². The highest BCUT2D eigenvalue weighted by Gasteiger charge is 2.58. The Morgan fingerprint density at radius 3 is 2.60 bits per heavy atom. The fourth-order valence-corrected chi connectivity index (χ4v) is 4.09. The number of nitrogens with one attached hydrogen (secondary N) is 1. The van der Waals surface area contributed by atoms with Crippen molar-refractivity contribution in [2.45, 2.75) is 57.7 Å². The van der Waals surface area contributed by atoms with Crippen LogP contribution in [0.4, 0.5) is 0 Å². The van der Waals surface area contributed by atoms with Gasteiger partial charge in [0.15, 0.2) is 0 Å². The fraction of sp³-hybridized carbons (Fsp3) is 0.647. The predicted octanol–water partition coefficient (Wildman–Crippen LogP) is 4.45. The van der Waals surface area contributed by atoms with Crippen LogP contribution in [0, 0.1) is 5.41 Å². The van der Waals surface area contributed by atoms with Crippen LogP contribution in [0.2, 0.25) is 0 Å². The quantitative estimate of drug-likeness (QED) is 0.857. The van der Waals surface area contributed by atoms with Crippen LogP contribution in [0.3, 0.4) is 0 Å². The number of hydrogen-bond acceptors (Lipinski definition) is 2. The van der Waals surface area contributed by atoms with Crippen molar-refractivity contribution in [2.24, 2.45) is 5.41 Å². The van der Waals surface area contributed by atoms with Gasteiger partial charge in [-0.2, -0.15) is 0 Å². The number of hydrogen-bond donors (Lipinski definition) is 1. The highest BCUT2D eigenvalue weighted by atomic mass is 79.9. The van der Waals surface area contributed by atoms with Gasteiger partial charge >= 0.3 is 0 Å². The molecule has 2 fully saturated rings. The monoisotopic (exact) mass is 337 g/mol. The molecule has 0 heterocycles. The molecular weight excluding hydrogens is 314 g/mol. The highest BCUT2D eigenvalue weighted by molar-refractivity contribution is 9.10. The van der Waals surface area contributed by atoms with Crippen LogP contribution in [0.15, 0.2) is 28.7 Å². The molecule has 1 N–H and O–H groups in total. The Bertz CT molecular complexity index is 455. The van der Waals surface area contributed by atoms with Gasteiger partial charge in [0.05, 0.1) is 6.10 Å². The molecule has 3 rings (SSSR count). The minimum absolute atomic E-state index is 0.410. The van der Waals surface area contributed by atoms with Crippen molar-refractivity contribution in [1.82, 2.24) is 5.32 Å². The molecule has 0 saturated heterocycles. The first-order valence-electron chi connectivity index (χ1n) is 7.79. The molecule has 1 aromatic carbocycles. The first-order valence-corrected chi connectivity index (χ1v) is 8.58. The Labute approximate surface area is 130 Å². The van der Waals surface area contributed by atoms with Crippen LogP contribution in [-0.2, 0) is 4.74 Å². The van der Waals surface area contributed by atoms with Gasteiger partial charge in [0.25, 0.3) is 0 Å². The van der Waals surface area contributed by atoms with Crippen LogP contribution in [0.25, 0.3) is 0 Å². The van der Waals surface area contributed by atoms with Crippen LogP contribution in [-0.4, -0.2) is 18.8 Å². The van der Waals surface area contributed by atoms with Gasteiger partial charge < -0.3 is 10.1 Å². The number of benzene rings is 1. The van der Waals surface area contributed by atoms with E-state index in [1.54, 1.807) is 0 Å². The van der Waals surface area contributed by atoms with Gasteiger partial charge in [-0.25, -0.2) is 0 Å². The molecule has 2 aliphatic rings. The topological polar surface area (TPSA) is 21.3 Å². The molecule has 20 heavy (non-hydrogen) atoms. The number of rotatable bonds is 5. The van der Waals surface area contributed by atoms with E-state index in [2.05, 4.69) is 59.4 Å². The maximum Gasteiger partial charge on any atom is 0.0661 e. The average Bonchev–Trinajstić information content (AvgIpc) is 2.36. The van der Waals surface area contributed by atoms with Gasteiger partial charge in [-0.05, 0) is 50.8 Å². The molecule has 3 unspecified atom stereocenters. The lowest BCUT2D eigenvalue weighted by atomic mass is 9.51. The molecule has 0 aliphatic heterocycles. The van der Waals surface area contributed by atoms with Crippen molar-refractivity contribution in [3.05, 3.63) is 34.3 Å². The molecule has 0 amide bonds. The zero-order chi connectivity index (χ0) is 14.2. The molecule has 0 radical (unpaired) electrons. The lowest BCUT2D eigenvalue weighted by Gasteiger charge is -2.61. The van der Waals surface area contributed by atoms with E-state index in [1.807, 2.05) is 0 Å². The van der Waals surface area contributed by atoms with Gasteiger partial charge in [0.1, 0.15) is 0 Å². The third kappa shape index (κ3) is 2.44. The third-order valence-corrected chi connectivity index (χ3v) is 5.79. The second kappa shape index (κ2) is 5.78. The van der Waals surface area contributed by atoms with Gasteiger partial charge in [-0.1, -0.05) is 34.5 Å². The first-order chi connectivity index (χ1) is 9.65. The summed E-state index contributed by atoms with van der Waals surface area (Å²) in [6.45, 7) is 5.22. The lowest BCUT2D eigenvalue weighted by Crippen LogP contribution is -2.67. The van der Waals surface area contributed by atoms with E-state index < -0.39 is 0 Å². The van der Waals surface area contributed by atoms with Crippen molar-refractivity contribution in [3.8, 4) is 0 Å². The van der Waals surface area contributed by atoms with Crippen LogP contribution < -0.4 is 5.32 Å². The Morgan fingerprint density at radius 2 is 2.05 bits per heavy atom. The van der Waals surface area contributed by atoms with E-state index in [1.165, 1.54) is 31.2 Å². The first kappa shape index (κ1) is 14.6. The smallest absolute Gasteiger partial charge is 0.0661 e. The highest BCUT2D eigenvalue weighted by Crippen LogP contribution is 2.57. The molecule has 3 heteroatoms. The SMILES string of the molecule is CCOC1CC(NC(C)c2ccc(Br)cc2)C12CCC2. The van der Waals surface area contributed by atoms with E-state index >= 15 is 0 Å². The van der Waals surface area contributed by atoms with E-state index in [0.717, 1.165) is 11.1 Å². The molecule has 110 valence electrons. The number of halogens is 1. The molecule has 0 aromatic heterocycles. The fourth-order valence-electron chi connectivity index (χ4n) is 3.82. The van der Waals surface area contributed by atoms with Crippen molar-refractivity contribution < 1.29 is 4.74 Å². The zero-order valence-electron chi connectivity index (χ0n) is 12.4. The molecule has 1 spiro atoms. The van der Waals surface area contributed by atoms with E-state index in [9.17, 15) is 0 Å². The molecule has 2 aliphatic carbocycles. The maximum atomic E-state index is 5.92. The summed E-state index contributed by atoms with van der Waals surface area (Å²) in [5, 5.41) is 3.84. The molecular formula is C17H24BrNO. The molecule has 1 aromatic rings. The predicted molar refractivity (Wildman–Crippen MR) is 85.8 cm³/mol. The van der Waals surface area contributed by atoms with Crippen LogP contribution in [0.1, 0.15) is 51.1 Å². The molecule has 2 nitrogen and oxygen atoms in total. The van der Waals surface area contributed by atoms with E-state index in [-0.39, 0.29) is 0 Å². The second-order valence-electron chi connectivity index (χ2n) is 6.26. The summed E-state index contributed by atoms with van der Waals surface area (Å²) < 4.78 is 7.07. The summed E-state index contributed by atoms with van der Waals surface area (Å²) in [6, 6.07) is 9.69. The Kier molecular flexibility index (Phi) is 4.21. The summed E-state index contributed by atoms with van der Waals surface area (Å²) in [7, 11) is 0. The van der Waals surface area contributed by atoms with Crippen molar-refractivity contribution >= 4 is 15.9 Å². The summed E-state index contributed by atoms with van der Waals surface area (Å²) in [5.41, 5.74) is 1.81. The summed E-state index contributed by atoms with van der Waals surface area (Å²) in [6.07, 6.45) is 5.71. The molecule has 2 saturated carbocycles. The Morgan fingerprint density at radius 1 is 1.35 bits per heavy atom. The second-order valence-corrected chi connectivity index (χ2v) is 7.17. The van der Waals surface area contributed by atoms with Crippen LogP contribution in [0.5, 0.6) is 0 Å². The maximum absolute atomic E-state index is 5.92. The van der Waals surface area contributed by atoms with Crippen molar-refractivity contribution in [1.29, 1.82) is 0 Å². The molecule has 3 atom stereocenters. The minimum atomic E-state index is 0.410. The normalized spacial score (nSPS) is 28.8. The zero-order valence-corrected chi connectivity index (χ0v) is 13.9. The molecule has 0 bridgehead atoms. The third-order valence-electron chi connectivity index (χ3n) is 5.26. The van der Waals surface area contributed by atoms with Crippen LogP contribution >= 0.6 is 15.9 Å². The van der Waals surface area contributed by atoms with E-state index in [4.69, 9.17) is 4.74 Å². The average molecular weight is 338 g/mol. The van der Waals surface area contributed by atoms with Gasteiger partial charge in [-0.3, -0.25) is 0 Å². The summed E-state index contributed by atoms with van der Waals surface area (Å²) in [4.78, 5) is 0. The largest absolute Gasteiger partial charge is 0.378 e. The minimum Gasteiger partial charge on any atom is -0.378 e. The lowest BCUT2D eigenvalue weighted by molar-refractivity contribution is -0.174. The van der Waals surface area contributed by atoms with E-state index in [0.29, 0.717) is 23.6 Å². The van der Waals surface area contributed by atoms with Gasteiger partial charge in [0.2, 0.25) is 0 Å².